The van der Waals surface area contributed by atoms with E-state index in [-0.39, 0.29) is 5.91 Å². The maximum atomic E-state index is 11.9. The molecular formula is C15H22N2O3. The predicted molar refractivity (Wildman–Crippen MR) is 78.6 cm³/mol. The molecule has 0 saturated carbocycles. The zero-order chi connectivity index (χ0) is 15.1. The highest BCUT2D eigenvalue weighted by atomic mass is 16.5. The lowest BCUT2D eigenvalue weighted by Gasteiger charge is -2.12. The molecule has 5 heteroatoms. The van der Waals surface area contributed by atoms with Gasteiger partial charge in [0.1, 0.15) is 0 Å². The Balaban J connectivity index is 2.73. The van der Waals surface area contributed by atoms with E-state index in [2.05, 4.69) is 5.32 Å². The van der Waals surface area contributed by atoms with Gasteiger partial charge in [0.25, 0.3) is 0 Å². The molecule has 20 heavy (non-hydrogen) atoms. The topological polar surface area (TPSA) is 81.4 Å². The molecule has 1 rings (SSSR count). The van der Waals surface area contributed by atoms with Crippen LogP contribution in [-0.2, 0) is 9.53 Å². The summed E-state index contributed by atoms with van der Waals surface area (Å²) in [6.07, 6.45) is 1.17. The molecule has 1 amide bonds. The number of carbonyl (C=O) groups excluding carboxylic acids is 2. The Labute approximate surface area is 119 Å². The molecule has 0 aliphatic carbocycles. The second-order valence-corrected chi connectivity index (χ2v) is 4.90. The van der Waals surface area contributed by atoms with Gasteiger partial charge in [-0.05, 0) is 43.5 Å². The average Bonchev–Trinajstić information content (AvgIpc) is 2.46. The standard InChI is InChI=1S/C15H22N2O3/c1-10(9-16)7-8-14(18)17-13-6-4-5-12(11(13)2)15(19)20-3/h4-6,10H,7-9,16H2,1-3H3,(H,17,18). The van der Waals surface area contributed by atoms with Crippen LogP contribution in [0.1, 0.15) is 35.7 Å². The van der Waals surface area contributed by atoms with Crippen LogP contribution >= 0.6 is 0 Å². The molecule has 1 atom stereocenters. The van der Waals surface area contributed by atoms with Crippen molar-refractivity contribution in [2.24, 2.45) is 11.7 Å². The van der Waals surface area contributed by atoms with Gasteiger partial charge in [-0.3, -0.25) is 4.79 Å². The lowest BCUT2D eigenvalue weighted by Crippen LogP contribution is -2.17. The van der Waals surface area contributed by atoms with Gasteiger partial charge in [-0.25, -0.2) is 4.79 Å². The smallest absolute Gasteiger partial charge is 0.338 e. The Bertz CT molecular complexity index is 486. The molecule has 0 aromatic heterocycles. The zero-order valence-corrected chi connectivity index (χ0v) is 12.2. The van der Waals surface area contributed by atoms with E-state index in [4.69, 9.17) is 10.5 Å². The fourth-order valence-corrected chi connectivity index (χ4v) is 1.81. The van der Waals surface area contributed by atoms with Gasteiger partial charge in [0.15, 0.2) is 0 Å². The summed E-state index contributed by atoms with van der Waals surface area (Å²) in [4.78, 5) is 23.4. The van der Waals surface area contributed by atoms with Crippen LogP contribution in [0.25, 0.3) is 0 Å². The van der Waals surface area contributed by atoms with Crippen molar-refractivity contribution in [3.8, 4) is 0 Å². The number of methoxy groups -OCH3 is 1. The van der Waals surface area contributed by atoms with E-state index in [1.807, 2.05) is 6.92 Å². The molecule has 0 aliphatic heterocycles. The Hall–Kier alpha value is -1.88. The van der Waals surface area contributed by atoms with Crippen LogP contribution < -0.4 is 11.1 Å². The lowest BCUT2D eigenvalue weighted by atomic mass is 10.0. The number of hydrogen-bond acceptors (Lipinski definition) is 4. The van der Waals surface area contributed by atoms with Crippen molar-refractivity contribution in [2.45, 2.75) is 26.7 Å². The number of nitrogens with one attached hydrogen (secondary N) is 1. The number of esters is 1. The van der Waals surface area contributed by atoms with Crippen molar-refractivity contribution in [2.75, 3.05) is 19.0 Å². The third-order valence-corrected chi connectivity index (χ3v) is 3.28. The first-order valence-corrected chi connectivity index (χ1v) is 6.67. The molecule has 0 saturated heterocycles. The fourth-order valence-electron chi connectivity index (χ4n) is 1.81. The molecule has 110 valence electrons. The maximum Gasteiger partial charge on any atom is 0.338 e. The Morgan fingerprint density at radius 3 is 2.70 bits per heavy atom. The largest absolute Gasteiger partial charge is 0.465 e. The van der Waals surface area contributed by atoms with Gasteiger partial charge >= 0.3 is 5.97 Å². The fraction of sp³-hybridized carbons (Fsp3) is 0.467. The van der Waals surface area contributed by atoms with Crippen LogP contribution in [0.5, 0.6) is 0 Å². The van der Waals surface area contributed by atoms with E-state index in [1.54, 1.807) is 25.1 Å². The summed E-state index contributed by atoms with van der Waals surface area (Å²) in [6, 6.07) is 5.16. The van der Waals surface area contributed by atoms with Crippen LogP contribution in [-0.4, -0.2) is 25.5 Å². The number of rotatable bonds is 6. The maximum absolute atomic E-state index is 11.9. The molecule has 0 fully saturated rings. The van der Waals surface area contributed by atoms with Crippen molar-refractivity contribution in [1.82, 2.24) is 0 Å². The van der Waals surface area contributed by atoms with Gasteiger partial charge < -0.3 is 15.8 Å². The zero-order valence-electron chi connectivity index (χ0n) is 12.2. The Morgan fingerprint density at radius 2 is 2.10 bits per heavy atom. The van der Waals surface area contributed by atoms with E-state index in [1.165, 1.54) is 7.11 Å². The summed E-state index contributed by atoms with van der Waals surface area (Å²) >= 11 is 0. The lowest BCUT2D eigenvalue weighted by molar-refractivity contribution is -0.116. The summed E-state index contributed by atoms with van der Waals surface area (Å²) in [6.45, 7) is 4.37. The molecule has 3 N–H and O–H groups in total. The van der Waals surface area contributed by atoms with Gasteiger partial charge in [-0.15, -0.1) is 0 Å². The molecule has 1 unspecified atom stereocenters. The monoisotopic (exact) mass is 278 g/mol. The highest BCUT2D eigenvalue weighted by molar-refractivity contribution is 5.96. The van der Waals surface area contributed by atoms with E-state index in [0.717, 1.165) is 6.42 Å². The summed E-state index contributed by atoms with van der Waals surface area (Å²) in [5, 5.41) is 2.82. The van der Waals surface area contributed by atoms with Gasteiger partial charge in [-0.2, -0.15) is 0 Å². The minimum absolute atomic E-state index is 0.0737. The van der Waals surface area contributed by atoms with Crippen molar-refractivity contribution in [3.63, 3.8) is 0 Å². The van der Waals surface area contributed by atoms with Crippen LogP contribution in [0.15, 0.2) is 18.2 Å². The number of benzene rings is 1. The van der Waals surface area contributed by atoms with Crippen molar-refractivity contribution in [1.29, 1.82) is 0 Å². The molecule has 0 heterocycles. The first-order valence-electron chi connectivity index (χ1n) is 6.67. The minimum atomic E-state index is -0.407. The number of ether oxygens (including phenoxy) is 1. The van der Waals surface area contributed by atoms with Crippen molar-refractivity contribution < 1.29 is 14.3 Å². The van der Waals surface area contributed by atoms with E-state index < -0.39 is 5.97 Å². The number of anilines is 1. The number of amides is 1. The predicted octanol–water partition coefficient (Wildman–Crippen LogP) is 2.10. The Morgan fingerprint density at radius 1 is 1.40 bits per heavy atom. The van der Waals surface area contributed by atoms with Crippen LogP contribution in [0.4, 0.5) is 5.69 Å². The number of hydrogen-bond donors (Lipinski definition) is 2. The second kappa shape index (κ2) is 7.65. The SMILES string of the molecule is COC(=O)c1cccc(NC(=O)CCC(C)CN)c1C. The van der Waals surface area contributed by atoms with Crippen LogP contribution in [0.2, 0.25) is 0 Å². The first-order chi connectivity index (χ1) is 9.49. The van der Waals surface area contributed by atoms with Gasteiger partial charge in [-0.1, -0.05) is 13.0 Å². The highest BCUT2D eigenvalue weighted by Crippen LogP contribution is 2.20. The number of carbonyl (C=O) groups is 2. The minimum Gasteiger partial charge on any atom is -0.465 e. The summed E-state index contributed by atoms with van der Waals surface area (Å²) in [5.74, 6) is -0.158. The highest BCUT2D eigenvalue weighted by Gasteiger charge is 2.13. The van der Waals surface area contributed by atoms with Gasteiger partial charge in [0, 0.05) is 12.1 Å². The van der Waals surface area contributed by atoms with E-state index in [0.29, 0.717) is 35.7 Å². The molecule has 0 bridgehead atoms. The molecule has 0 spiro atoms. The molecule has 0 radical (unpaired) electrons. The van der Waals surface area contributed by atoms with Crippen LogP contribution in [0.3, 0.4) is 0 Å². The van der Waals surface area contributed by atoms with Crippen molar-refractivity contribution >= 4 is 17.6 Å². The van der Waals surface area contributed by atoms with Gasteiger partial charge in [0.2, 0.25) is 5.91 Å². The third kappa shape index (κ3) is 4.35. The number of nitrogens with two attached hydrogens (primary N) is 1. The van der Waals surface area contributed by atoms with Crippen molar-refractivity contribution in [3.05, 3.63) is 29.3 Å². The molecule has 1 aromatic carbocycles. The summed E-state index contributed by atoms with van der Waals surface area (Å²) < 4.78 is 4.71. The normalized spacial score (nSPS) is 11.8. The third-order valence-electron chi connectivity index (χ3n) is 3.28. The average molecular weight is 278 g/mol. The molecular weight excluding hydrogens is 256 g/mol. The van der Waals surface area contributed by atoms with E-state index in [9.17, 15) is 9.59 Å². The first kappa shape index (κ1) is 16.2. The molecule has 1 aromatic rings. The van der Waals surface area contributed by atoms with Gasteiger partial charge in [0.05, 0.1) is 12.7 Å². The Kier molecular flexibility index (Phi) is 6.18. The molecule has 5 nitrogen and oxygen atoms in total. The van der Waals surface area contributed by atoms with E-state index >= 15 is 0 Å². The second-order valence-electron chi connectivity index (χ2n) is 4.90. The summed E-state index contributed by atoms with van der Waals surface area (Å²) in [7, 11) is 1.33. The van der Waals surface area contributed by atoms with Crippen LogP contribution in [0, 0.1) is 12.8 Å². The quantitative estimate of drug-likeness (QED) is 0.781. The summed E-state index contributed by atoms with van der Waals surface area (Å²) in [5.41, 5.74) is 7.32. The molecule has 0 aliphatic rings.